The van der Waals surface area contributed by atoms with E-state index in [1.165, 1.54) is 0 Å². The van der Waals surface area contributed by atoms with Crippen LogP contribution < -0.4 is 0 Å². The maximum atomic E-state index is 6.17. The summed E-state index contributed by atoms with van der Waals surface area (Å²) in [5, 5.41) is 0.422. The van der Waals surface area contributed by atoms with Crippen molar-refractivity contribution in [3.63, 3.8) is 0 Å². The van der Waals surface area contributed by atoms with Crippen molar-refractivity contribution in [2.75, 3.05) is 0 Å². The highest BCUT2D eigenvalue weighted by atomic mass is 79.9. The lowest BCUT2D eigenvalue weighted by Gasteiger charge is -2.20. The summed E-state index contributed by atoms with van der Waals surface area (Å²) in [7, 11) is 1.90. The average molecular weight is 330 g/mol. The predicted molar refractivity (Wildman–Crippen MR) is 75.6 cm³/mol. The molecule has 6 heteroatoms. The van der Waals surface area contributed by atoms with Crippen molar-refractivity contribution in [1.82, 2.24) is 19.5 Å². The summed E-state index contributed by atoms with van der Waals surface area (Å²) in [6, 6.07) is 0. The lowest BCUT2D eigenvalue weighted by molar-refractivity contribution is 0.564. The molecule has 4 nitrogen and oxygen atoms in total. The first kappa shape index (κ1) is 13.5. The second kappa shape index (κ2) is 4.63. The van der Waals surface area contributed by atoms with Crippen LogP contribution in [0.15, 0.2) is 17.0 Å². The smallest absolute Gasteiger partial charge is 0.179 e. The number of aryl methyl sites for hydroxylation is 1. The highest BCUT2D eigenvalue weighted by molar-refractivity contribution is 9.10. The minimum atomic E-state index is -0.112. The van der Waals surface area contributed by atoms with Gasteiger partial charge in [0.25, 0.3) is 0 Å². The van der Waals surface area contributed by atoms with E-state index < -0.39 is 0 Å². The van der Waals surface area contributed by atoms with Crippen molar-refractivity contribution >= 4 is 27.5 Å². The highest BCUT2D eigenvalue weighted by Gasteiger charge is 2.23. The quantitative estimate of drug-likeness (QED) is 0.751. The minimum absolute atomic E-state index is 0.112. The molecule has 0 amide bonds. The number of imidazole rings is 1. The first-order valence-corrected chi connectivity index (χ1v) is 6.68. The van der Waals surface area contributed by atoms with Crippen LogP contribution in [0, 0.1) is 0 Å². The van der Waals surface area contributed by atoms with Crippen molar-refractivity contribution in [2.45, 2.75) is 26.2 Å². The molecule has 0 saturated carbocycles. The van der Waals surface area contributed by atoms with E-state index in [-0.39, 0.29) is 5.41 Å². The van der Waals surface area contributed by atoms with Crippen LogP contribution in [0.2, 0.25) is 5.15 Å². The Hall–Kier alpha value is -0.940. The maximum absolute atomic E-state index is 6.17. The van der Waals surface area contributed by atoms with Gasteiger partial charge in [0.1, 0.15) is 10.8 Å². The molecule has 0 spiro atoms. The van der Waals surface area contributed by atoms with Crippen molar-refractivity contribution < 1.29 is 0 Å². The Kier molecular flexibility index (Phi) is 3.47. The van der Waals surface area contributed by atoms with Crippen LogP contribution in [0.25, 0.3) is 11.5 Å². The fourth-order valence-electron chi connectivity index (χ4n) is 1.60. The fourth-order valence-corrected chi connectivity index (χ4v) is 2.55. The van der Waals surface area contributed by atoms with E-state index in [1.54, 1.807) is 12.5 Å². The molecule has 18 heavy (non-hydrogen) atoms. The average Bonchev–Trinajstić information content (AvgIpc) is 2.66. The van der Waals surface area contributed by atoms with Gasteiger partial charge in [0.05, 0.1) is 22.7 Å². The molecule has 0 fully saturated rings. The normalized spacial score (nSPS) is 11.9. The molecule has 96 valence electrons. The van der Waals surface area contributed by atoms with Gasteiger partial charge in [0.2, 0.25) is 0 Å². The fraction of sp³-hybridized carbons (Fsp3) is 0.417. The summed E-state index contributed by atoms with van der Waals surface area (Å²) < 4.78 is 2.62. The standard InChI is InChI=1S/C12H14BrClN4/c1-12(2,3)9-8(13)10(14)17-11(16-9)7-5-15-6-18(7)4/h5-6H,1-4H3. The zero-order chi connectivity index (χ0) is 13.5. The largest absolute Gasteiger partial charge is 0.331 e. The number of hydrogen-bond donors (Lipinski definition) is 0. The molecule has 0 aliphatic rings. The molecule has 0 aliphatic carbocycles. The zero-order valence-corrected chi connectivity index (χ0v) is 13.0. The van der Waals surface area contributed by atoms with Gasteiger partial charge in [-0.3, -0.25) is 0 Å². The second-order valence-corrected chi connectivity index (χ2v) is 6.29. The summed E-state index contributed by atoms with van der Waals surface area (Å²) in [4.78, 5) is 13.0. The molecule has 0 radical (unpaired) electrons. The van der Waals surface area contributed by atoms with Crippen LogP contribution in [0.3, 0.4) is 0 Å². The summed E-state index contributed by atoms with van der Waals surface area (Å²) in [5.41, 5.74) is 1.62. The Morgan fingerprint density at radius 1 is 1.28 bits per heavy atom. The van der Waals surface area contributed by atoms with Gasteiger partial charge >= 0.3 is 0 Å². The first-order chi connectivity index (χ1) is 8.30. The summed E-state index contributed by atoms with van der Waals surface area (Å²) in [5.74, 6) is 0.591. The molecule has 2 aromatic heterocycles. The Labute approximate surface area is 120 Å². The molecule has 0 N–H and O–H groups in total. The third-order valence-electron chi connectivity index (χ3n) is 2.57. The van der Waals surface area contributed by atoms with Crippen molar-refractivity contribution in [3.8, 4) is 11.5 Å². The number of rotatable bonds is 1. The van der Waals surface area contributed by atoms with Gasteiger partial charge in [0.15, 0.2) is 5.82 Å². The second-order valence-electron chi connectivity index (χ2n) is 5.14. The third kappa shape index (κ3) is 2.42. The molecule has 0 saturated heterocycles. The van der Waals surface area contributed by atoms with E-state index in [2.05, 4.69) is 51.7 Å². The first-order valence-electron chi connectivity index (χ1n) is 5.51. The Morgan fingerprint density at radius 3 is 2.44 bits per heavy atom. The van der Waals surface area contributed by atoms with Crippen LogP contribution in [-0.4, -0.2) is 19.5 Å². The monoisotopic (exact) mass is 328 g/mol. The van der Waals surface area contributed by atoms with Crippen LogP contribution in [0.1, 0.15) is 26.5 Å². The van der Waals surface area contributed by atoms with Gasteiger partial charge in [0, 0.05) is 12.5 Å². The molecular formula is C12H14BrClN4. The number of aromatic nitrogens is 4. The van der Waals surface area contributed by atoms with E-state index in [4.69, 9.17) is 11.6 Å². The van der Waals surface area contributed by atoms with Crippen LogP contribution in [-0.2, 0) is 12.5 Å². The Bertz CT molecular complexity index is 586. The van der Waals surface area contributed by atoms with Gasteiger partial charge in [-0.1, -0.05) is 32.4 Å². The lowest BCUT2D eigenvalue weighted by Crippen LogP contribution is -2.16. The van der Waals surface area contributed by atoms with Gasteiger partial charge in [-0.05, 0) is 15.9 Å². The molecule has 0 unspecified atom stereocenters. The van der Waals surface area contributed by atoms with E-state index in [0.29, 0.717) is 11.0 Å². The number of halogens is 2. The third-order valence-corrected chi connectivity index (χ3v) is 3.82. The minimum Gasteiger partial charge on any atom is -0.331 e. The van der Waals surface area contributed by atoms with E-state index >= 15 is 0 Å². The topological polar surface area (TPSA) is 43.6 Å². The van der Waals surface area contributed by atoms with Crippen LogP contribution in [0.5, 0.6) is 0 Å². The zero-order valence-electron chi connectivity index (χ0n) is 10.7. The van der Waals surface area contributed by atoms with Crippen LogP contribution >= 0.6 is 27.5 Å². The summed E-state index contributed by atoms with van der Waals surface area (Å²) in [6.45, 7) is 6.26. The van der Waals surface area contributed by atoms with Gasteiger partial charge in [-0.2, -0.15) is 0 Å². The molecule has 0 atom stereocenters. The van der Waals surface area contributed by atoms with Crippen LogP contribution in [0.4, 0.5) is 0 Å². The lowest BCUT2D eigenvalue weighted by atomic mass is 9.92. The number of nitrogens with zero attached hydrogens (tertiary/aromatic N) is 4. The highest BCUT2D eigenvalue weighted by Crippen LogP contribution is 2.33. The van der Waals surface area contributed by atoms with Crippen molar-refractivity contribution in [1.29, 1.82) is 0 Å². The van der Waals surface area contributed by atoms with Gasteiger partial charge < -0.3 is 4.57 Å². The summed E-state index contributed by atoms with van der Waals surface area (Å²) in [6.07, 6.45) is 3.44. The Morgan fingerprint density at radius 2 is 1.94 bits per heavy atom. The van der Waals surface area contributed by atoms with Gasteiger partial charge in [-0.25, -0.2) is 15.0 Å². The molecule has 0 aromatic carbocycles. The van der Waals surface area contributed by atoms with Crippen molar-refractivity contribution in [2.24, 2.45) is 7.05 Å². The molecule has 0 aliphatic heterocycles. The molecule has 0 bridgehead atoms. The maximum Gasteiger partial charge on any atom is 0.179 e. The number of hydrogen-bond acceptors (Lipinski definition) is 3. The van der Waals surface area contributed by atoms with E-state index in [9.17, 15) is 0 Å². The summed E-state index contributed by atoms with van der Waals surface area (Å²) >= 11 is 9.62. The van der Waals surface area contributed by atoms with E-state index in [0.717, 1.165) is 15.9 Å². The molecule has 2 rings (SSSR count). The predicted octanol–water partition coefficient (Wildman–Crippen LogP) is 3.59. The van der Waals surface area contributed by atoms with Gasteiger partial charge in [-0.15, -0.1) is 0 Å². The van der Waals surface area contributed by atoms with Crippen molar-refractivity contribution in [3.05, 3.63) is 27.8 Å². The Balaban J connectivity index is 2.66. The molecule has 2 heterocycles. The van der Waals surface area contributed by atoms with E-state index in [1.807, 2.05) is 11.6 Å². The molecular weight excluding hydrogens is 316 g/mol. The molecule has 2 aromatic rings. The SMILES string of the molecule is Cn1cncc1-c1nc(Cl)c(Br)c(C(C)(C)C)n1.